The summed E-state index contributed by atoms with van der Waals surface area (Å²) in [5.74, 6) is -6.21. The van der Waals surface area contributed by atoms with Crippen molar-refractivity contribution in [3.8, 4) is 11.5 Å². The largest absolute Gasteiger partial charge is 0.494 e. The van der Waals surface area contributed by atoms with Gasteiger partial charge in [-0.2, -0.15) is 0 Å². The van der Waals surface area contributed by atoms with E-state index in [0.29, 0.717) is 80.4 Å². The number of hydrogen-bond donors (Lipinski definition) is 5. The summed E-state index contributed by atoms with van der Waals surface area (Å²) < 4.78 is 38.0. The standard InChI is InChI=1S/C41H67NO9.C40H65NO9/c1-8-10-12-15-18-21-33(43)22-19-16-13-14-17-20-23-35(41(47,28-30-48-6)39(46)51-40(3,4)5)37(44)42-36(38(45)49-7)31-32-24-26-34(27-25-32)50-29-11-9-2;1-7-9-11-14-17-20-32(42)21-18-15-12-13-16-19-22-34(40(47,27-29-48-6)38(46)50-39(3,4)5)36(43)41-35(37(44)45)30-31-23-25-33(26-24-31)49-28-10-8-2/h20,23-27,35-36,47H,8-19,21-22,28-31H2,1-7H3,(H,42,44);19,22-26,34-35,47H,7-18,20-21,27-30H2,1-6H3,(H,41,43)(H,44,45)/b23-20+;22-19+/t35-,36+,41+;34-,35+,40+/m11/s1. The highest BCUT2D eigenvalue weighted by atomic mass is 16.6. The molecule has 0 radical (unpaired) electrons. The molecule has 0 spiro atoms. The number of rotatable bonds is 56. The van der Waals surface area contributed by atoms with Crippen LogP contribution in [0.15, 0.2) is 72.8 Å². The number of aliphatic carboxylic acids is 1. The van der Waals surface area contributed by atoms with E-state index < -0.39 is 82.0 Å². The number of aliphatic hydroxyl groups is 2. The molecule has 20 heteroatoms. The Bertz CT molecular complexity index is 2700. The summed E-state index contributed by atoms with van der Waals surface area (Å²) in [4.78, 5) is 104. The Morgan fingerprint density at radius 1 is 0.436 bits per heavy atom. The molecule has 2 rings (SSSR count). The van der Waals surface area contributed by atoms with Crippen molar-refractivity contribution in [3.63, 3.8) is 0 Å². The SMILES string of the molecule is CCCCCCCC(=O)CCCCCC/C=C/[C@H](C(=O)N[C@@H](Cc1ccc(OCCCC)cc1)C(=O)O)[C@@](O)(CCOC)C(=O)OC(C)(C)C.CCCCCCCC(=O)CCCCCC/C=C/[C@H](C(=O)N[C@@H](Cc1ccc(OCCCC)cc1)C(=O)OC)[C@@](O)(CCOC)C(=O)OC(C)(C)C. The number of Topliss-reactive ketones (excluding diaryl/α,β-unsaturated/α-hetero) is 2. The Morgan fingerprint density at radius 2 is 0.762 bits per heavy atom. The van der Waals surface area contributed by atoms with Crippen LogP contribution in [0.1, 0.15) is 273 Å². The lowest BCUT2D eigenvalue weighted by Crippen LogP contribution is -2.56. The van der Waals surface area contributed by atoms with Crippen molar-refractivity contribution in [2.24, 2.45) is 11.8 Å². The van der Waals surface area contributed by atoms with Crippen LogP contribution in [0.5, 0.6) is 11.5 Å². The quantitative estimate of drug-likeness (QED) is 0.0178. The van der Waals surface area contributed by atoms with Crippen molar-refractivity contribution >= 4 is 47.3 Å². The van der Waals surface area contributed by atoms with E-state index in [-0.39, 0.29) is 38.9 Å². The Hall–Kier alpha value is -6.48. The van der Waals surface area contributed by atoms with Gasteiger partial charge >= 0.3 is 23.9 Å². The Labute approximate surface area is 606 Å². The van der Waals surface area contributed by atoms with Gasteiger partial charge in [-0.05, 0) is 141 Å². The van der Waals surface area contributed by atoms with Crippen molar-refractivity contribution in [2.45, 2.75) is 309 Å². The maximum absolute atomic E-state index is 14.0. The lowest BCUT2D eigenvalue weighted by atomic mass is 9.82. The summed E-state index contributed by atoms with van der Waals surface area (Å²) in [5.41, 5.74) is -5.05. The fourth-order valence-corrected chi connectivity index (χ4v) is 11.0. The smallest absolute Gasteiger partial charge is 0.339 e. The van der Waals surface area contributed by atoms with Crippen LogP contribution in [0, 0.1) is 11.8 Å². The van der Waals surface area contributed by atoms with Crippen molar-refractivity contribution in [1.82, 2.24) is 10.6 Å². The fourth-order valence-electron chi connectivity index (χ4n) is 11.0. The van der Waals surface area contributed by atoms with Gasteiger partial charge < -0.3 is 59.1 Å². The molecule has 2 aromatic rings. The number of ether oxygens (including phenoxy) is 7. The molecule has 5 N–H and O–H groups in total. The molecule has 2 aromatic carbocycles. The molecule has 0 saturated carbocycles. The van der Waals surface area contributed by atoms with Gasteiger partial charge in [-0.1, -0.05) is 166 Å². The van der Waals surface area contributed by atoms with E-state index in [4.69, 9.17) is 33.2 Å². The third-order valence-corrected chi connectivity index (χ3v) is 17.1. The zero-order valence-electron chi connectivity index (χ0n) is 64.2. The lowest BCUT2D eigenvalue weighted by molar-refractivity contribution is -0.185. The number of carbonyl (C=O) groups excluding carboxylic acids is 7. The van der Waals surface area contributed by atoms with E-state index in [2.05, 4.69) is 38.3 Å². The molecule has 6 atom stereocenters. The molecular weight excluding hydrogens is 1290 g/mol. The molecule has 0 aliphatic carbocycles. The number of carboxylic acids is 1. The molecule has 0 aliphatic heterocycles. The molecular formula is C81H132N2O18. The molecule has 0 heterocycles. The second-order valence-corrected chi connectivity index (χ2v) is 28.5. The highest BCUT2D eigenvalue weighted by molar-refractivity contribution is 5.94. The zero-order chi connectivity index (χ0) is 75.5. The number of unbranched alkanes of at least 4 members (excludes halogenated alkanes) is 18. The molecule has 2 amide bonds. The van der Waals surface area contributed by atoms with Crippen LogP contribution in [0.4, 0.5) is 0 Å². The number of methoxy groups -OCH3 is 3. The first-order chi connectivity index (χ1) is 48.1. The molecule has 0 saturated heterocycles. The molecule has 0 unspecified atom stereocenters. The minimum atomic E-state index is -2.32. The minimum Gasteiger partial charge on any atom is -0.494 e. The monoisotopic (exact) mass is 1420 g/mol. The van der Waals surface area contributed by atoms with Gasteiger partial charge in [0.25, 0.3) is 0 Å². The van der Waals surface area contributed by atoms with E-state index in [1.807, 2.05) is 24.3 Å². The van der Waals surface area contributed by atoms with Crippen LogP contribution in [-0.2, 0) is 74.9 Å². The summed E-state index contributed by atoms with van der Waals surface area (Å²) in [7, 11) is 4.10. The average Bonchev–Trinajstić information content (AvgIpc) is 0.801. The molecule has 0 fully saturated rings. The molecule has 574 valence electrons. The highest BCUT2D eigenvalue weighted by Gasteiger charge is 2.51. The van der Waals surface area contributed by atoms with Crippen molar-refractivity contribution in [2.75, 3.05) is 47.8 Å². The summed E-state index contributed by atoms with van der Waals surface area (Å²) >= 11 is 0. The normalized spacial score (nSPS) is 14.1. The predicted octanol–water partition coefficient (Wildman–Crippen LogP) is 15.1. The first-order valence-electron chi connectivity index (χ1n) is 37.7. The van der Waals surface area contributed by atoms with Gasteiger partial charge in [-0.3, -0.25) is 19.2 Å². The van der Waals surface area contributed by atoms with E-state index in [1.54, 1.807) is 78.0 Å². The van der Waals surface area contributed by atoms with Crippen molar-refractivity contribution < 1.29 is 86.8 Å². The van der Waals surface area contributed by atoms with Gasteiger partial charge in [0.15, 0.2) is 11.2 Å². The Morgan fingerprint density at radius 3 is 1.08 bits per heavy atom. The van der Waals surface area contributed by atoms with Crippen LogP contribution in [0.2, 0.25) is 0 Å². The van der Waals surface area contributed by atoms with Gasteiger partial charge in [-0.25, -0.2) is 19.2 Å². The summed E-state index contributed by atoms with van der Waals surface area (Å²) in [6.45, 7) is 19.7. The van der Waals surface area contributed by atoms with Gasteiger partial charge in [0.1, 0.15) is 46.4 Å². The fraction of sp³-hybridized carbons (Fsp3) is 0.704. The van der Waals surface area contributed by atoms with Gasteiger partial charge in [0.05, 0.1) is 32.2 Å². The third kappa shape index (κ3) is 41.4. The predicted molar refractivity (Wildman–Crippen MR) is 397 cm³/mol. The number of ketones is 2. The van der Waals surface area contributed by atoms with E-state index in [9.17, 15) is 53.7 Å². The number of benzene rings is 2. The molecule has 0 bridgehead atoms. The maximum atomic E-state index is 14.0. The highest BCUT2D eigenvalue weighted by Crippen LogP contribution is 2.31. The van der Waals surface area contributed by atoms with Crippen LogP contribution >= 0.6 is 0 Å². The number of carbonyl (C=O) groups is 8. The maximum Gasteiger partial charge on any atom is 0.339 e. The van der Waals surface area contributed by atoms with Crippen molar-refractivity contribution in [3.05, 3.63) is 84.0 Å². The number of hydrogen-bond acceptors (Lipinski definition) is 17. The van der Waals surface area contributed by atoms with Gasteiger partial charge in [0, 0.05) is 78.8 Å². The second-order valence-electron chi connectivity index (χ2n) is 28.5. The number of esters is 3. The average molecular weight is 1420 g/mol. The van der Waals surface area contributed by atoms with Crippen LogP contribution < -0.4 is 20.1 Å². The topological polar surface area (TPSA) is 286 Å². The van der Waals surface area contributed by atoms with Gasteiger partial charge in [-0.15, -0.1) is 0 Å². The number of nitrogens with one attached hydrogen (secondary N) is 2. The molecule has 101 heavy (non-hydrogen) atoms. The van der Waals surface area contributed by atoms with E-state index in [0.717, 1.165) is 108 Å². The lowest BCUT2D eigenvalue weighted by Gasteiger charge is -2.35. The van der Waals surface area contributed by atoms with Crippen molar-refractivity contribution in [1.29, 1.82) is 0 Å². The van der Waals surface area contributed by atoms with E-state index >= 15 is 0 Å². The second kappa shape index (κ2) is 53.3. The minimum absolute atomic E-state index is 0.0159. The zero-order valence-corrected chi connectivity index (χ0v) is 64.2. The summed E-state index contributed by atoms with van der Waals surface area (Å²) in [5, 5.41) is 39.1. The Balaban J connectivity index is 0.00000101. The van der Waals surface area contributed by atoms with Crippen LogP contribution in [0.3, 0.4) is 0 Å². The first-order valence-corrected chi connectivity index (χ1v) is 37.7. The number of carboxylic acid groups (broad SMARTS) is 1. The van der Waals surface area contributed by atoms with E-state index in [1.165, 1.54) is 72.0 Å². The first kappa shape index (κ1) is 92.5. The summed E-state index contributed by atoms with van der Waals surface area (Å²) in [6.07, 6.45) is 32.0. The van der Waals surface area contributed by atoms with Gasteiger partial charge in [0.2, 0.25) is 11.8 Å². The molecule has 0 aliphatic rings. The van der Waals surface area contributed by atoms with Crippen LogP contribution in [-0.4, -0.2) is 145 Å². The number of amides is 2. The van der Waals surface area contributed by atoms with Crippen LogP contribution in [0.25, 0.3) is 0 Å². The summed E-state index contributed by atoms with van der Waals surface area (Å²) in [6, 6.07) is 11.9. The third-order valence-electron chi connectivity index (χ3n) is 17.1. The number of allylic oxidation sites excluding steroid dienone is 2. The molecule has 0 aromatic heterocycles. The molecule has 20 nitrogen and oxygen atoms in total. The Kier molecular flexibility index (Phi) is 48.9.